The quantitative estimate of drug-likeness (QED) is 0.654. The van der Waals surface area contributed by atoms with E-state index in [1.165, 1.54) is 17.8 Å². The van der Waals surface area contributed by atoms with Gasteiger partial charge in [0, 0.05) is 40.1 Å². The Labute approximate surface area is 163 Å². The van der Waals surface area contributed by atoms with E-state index >= 15 is 0 Å². The first-order valence-corrected chi connectivity index (χ1v) is 9.67. The number of nitrogens with one attached hydrogen (secondary N) is 1. The van der Waals surface area contributed by atoms with Crippen LogP contribution < -0.4 is 5.32 Å². The molecule has 1 aliphatic carbocycles. The van der Waals surface area contributed by atoms with Crippen molar-refractivity contribution < 1.29 is 23.1 Å². The van der Waals surface area contributed by atoms with Crippen molar-refractivity contribution in [2.75, 3.05) is 11.9 Å². The van der Waals surface area contributed by atoms with Gasteiger partial charge in [-0.25, -0.2) is 13.2 Å². The van der Waals surface area contributed by atoms with Gasteiger partial charge in [0.1, 0.15) is 0 Å². The number of carbonyl (C=O) groups excluding carboxylic acids is 1. The second-order valence-corrected chi connectivity index (χ2v) is 8.07. The molecule has 0 radical (unpaired) electrons. The van der Waals surface area contributed by atoms with E-state index in [0.717, 1.165) is 19.3 Å². The van der Waals surface area contributed by atoms with E-state index in [2.05, 4.69) is 5.32 Å². The highest BCUT2D eigenvalue weighted by molar-refractivity contribution is 8.00. The summed E-state index contributed by atoms with van der Waals surface area (Å²) in [5.41, 5.74) is 0.0716. The number of amides is 1. The third-order valence-corrected chi connectivity index (χ3v) is 6.49. The van der Waals surface area contributed by atoms with Crippen molar-refractivity contribution >= 4 is 35.0 Å². The number of thioether (sulfide) groups is 1. The maximum absolute atomic E-state index is 13.3. The van der Waals surface area contributed by atoms with Crippen LogP contribution >= 0.6 is 23.4 Å². The van der Waals surface area contributed by atoms with Crippen LogP contribution in [-0.4, -0.2) is 22.9 Å². The molecule has 3 rings (SSSR count). The maximum atomic E-state index is 13.3. The molecule has 3 nitrogen and oxygen atoms in total. The van der Waals surface area contributed by atoms with E-state index in [1.54, 1.807) is 12.1 Å². The number of aliphatic hydroxyl groups is 1. The number of hydrogen-bond donors (Lipinski definition) is 2. The number of hydrogen-bond acceptors (Lipinski definition) is 3. The van der Waals surface area contributed by atoms with Gasteiger partial charge in [0.15, 0.2) is 17.5 Å². The zero-order valence-corrected chi connectivity index (χ0v) is 15.7. The van der Waals surface area contributed by atoms with Crippen LogP contribution in [0.2, 0.25) is 5.02 Å². The average molecular weight is 416 g/mol. The van der Waals surface area contributed by atoms with Gasteiger partial charge in [-0.3, -0.25) is 4.79 Å². The van der Waals surface area contributed by atoms with Crippen molar-refractivity contribution in [1.29, 1.82) is 0 Å². The summed E-state index contributed by atoms with van der Waals surface area (Å²) in [6, 6.07) is 6.10. The lowest BCUT2D eigenvalue weighted by Crippen LogP contribution is -2.15. The Bertz CT molecular complexity index is 842. The Hall–Kier alpha value is -1.70. The Balaban J connectivity index is 1.77. The van der Waals surface area contributed by atoms with Crippen molar-refractivity contribution in [1.82, 2.24) is 0 Å². The predicted octanol–water partition coefficient (Wildman–Crippen LogP) is 5.26. The maximum Gasteiger partial charge on any atom is 0.255 e. The molecule has 2 unspecified atom stereocenters. The fourth-order valence-corrected chi connectivity index (χ4v) is 4.75. The minimum Gasteiger partial charge on any atom is -0.396 e. The highest BCUT2D eigenvalue weighted by Gasteiger charge is 2.28. The second kappa shape index (κ2) is 8.54. The molecule has 1 fully saturated rings. The molecule has 2 aromatic carbocycles. The van der Waals surface area contributed by atoms with Gasteiger partial charge in [0.05, 0.1) is 5.02 Å². The molecule has 0 spiro atoms. The van der Waals surface area contributed by atoms with Crippen molar-refractivity contribution in [2.45, 2.75) is 29.4 Å². The summed E-state index contributed by atoms with van der Waals surface area (Å²) < 4.78 is 39.6. The molecule has 0 aromatic heterocycles. The fraction of sp³-hybridized carbons (Fsp3) is 0.316. The normalized spacial score (nSPS) is 19.3. The Morgan fingerprint density at radius 3 is 2.56 bits per heavy atom. The molecule has 2 aromatic rings. The van der Waals surface area contributed by atoms with Crippen molar-refractivity contribution in [2.24, 2.45) is 5.92 Å². The number of anilines is 1. The fourth-order valence-electron chi connectivity index (χ4n) is 3.10. The van der Waals surface area contributed by atoms with Crippen molar-refractivity contribution in [3.05, 3.63) is 58.4 Å². The lowest BCUT2D eigenvalue weighted by molar-refractivity contribution is 0.102. The summed E-state index contributed by atoms with van der Waals surface area (Å²) in [6.07, 6.45) is 2.94. The van der Waals surface area contributed by atoms with E-state index in [4.69, 9.17) is 11.6 Å². The first kappa shape index (κ1) is 20.0. The van der Waals surface area contributed by atoms with Crippen LogP contribution in [0.3, 0.4) is 0 Å². The zero-order valence-electron chi connectivity index (χ0n) is 14.1. The summed E-state index contributed by atoms with van der Waals surface area (Å²) in [5.74, 6) is -4.76. The van der Waals surface area contributed by atoms with Crippen LogP contribution in [0.5, 0.6) is 0 Å². The Kier molecular flexibility index (Phi) is 6.34. The molecular weight excluding hydrogens is 399 g/mol. The minimum atomic E-state index is -1.59. The molecule has 0 aliphatic heterocycles. The van der Waals surface area contributed by atoms with Crippen LogP contribution in [0.15, 0.2) is 35.2 Å². The molecule has 2 atom stereocenters. The number of rotatable bonds is 5. The smallest absolute Gasteiger partial charge is 0.255 e. The van der Waals surface area contributed by atoms with Crippen LogP contribution in [-0.2, 0) is 0 Å². The molecule has 8 heteroatoms. The third kappa shape index (κ3) is 4.59. The summed E-state index contributed by atoms with van der Waals surface area (Å²) >= 11 is 7.75. The molecule has 1 amide bonds. The van der Waals surface area contributed by atoms with Gasteiger partial charge in [-0.15, -0.1) is 11.8 Å². The van der Waals surface area contributed by atoms with Gasteiger partial charge < -0.3 is 10.4 Å². The SMILES string of the molecule is O=C(Nc1cc(F)c(F)c(F)c1)c1ccc(Cl)c(SC2CCCC2CO)c1. The van der Waals surface area contributed by atoms with Crippen LogP contribution in [0.4, 0.5) is 18.9 Å². The van der Waals surface area contributed by atoms with Gasteiger partial charge in [-0.1, -0.05) is 18.0 Å². The molecular formula is C19H17ClF3NO2S. The van der Waals surface area contributed by atoms with E-state index in [-0.39, 0.29) is 29.0 Å². The Morgan fingerprint density at radius 1 is 1.19 bits per heavy atom. The predicted molar refractivity (Wildman–Crippen MR) is 99.8 cm³/mol. The molecule has 144 valence electrons. The van der Waals surface area contributed by atoms with E-state index < -0.39 is 23.4 Å². The highest BCUT2D eigenvalue weighted by Crippen LogP contribution is 2.41. The second-order valence-electron chi connectivity index (χ2n) is 6.38. The zero-order chi connectivity index (χ0) is 19.6. The molecule has 0 bridgehead atoms. The third-order valence-electron chi connectivity index (χ3n) is 4.54. The van der Waals surface area contributed by atoms with E-state index in [0.29, 0.717) is 22.1 Å². The summed E-state index contributed by atoms with van der Waals surface area (Å²) in [5, 5.41) is 12.5. The topological polar surface area (TPSA) is 49.3 Å². The molecule has 0 heterocycles. The van der Waals surface area contributed by atoms with Crippen molar-refractivity contribution in [3.8, 4) is 0 Å². The van der Waals surface area contributed by atoms with Gasteiger partial charge in [0.2, 0.25) is 0 Å². The first-order valence-electron chi connectivity index (χ1n) is 8.42. The number of carbonyl (C=O) groups is 1. The summed E-state index contributed by atoms with van der Waals surface area (Å²) in [6.45, 7) is 0.108. The van der Waals surface area contributed by atoms with Crippen LogP contribution in [0.1, 0.15) is 29.6 Å². The molecule has 2 N–H and O–H groups in total. The van der Waals surface area contributed by atoms with Gasteiger partial charge in [-0.05, 0) is 37.0 Å². The first-order chi connectivity index (χ1) is 12.9. The highest BCUT2D eigenvalue weighted by atomic mass is 35.5. The van der Waals surface area contributed by atoms with Gasteiger partial charge >= 0.3 is 0 Å². The largest absolute Gasteiger partial charge is 0.396 e. The lowest BCUT2D eigenvalue weighted by Gasteiger charge is -2.18. The molecule has 0 saturated heterocycles. The summed E-state index contributed by atoms with van der Waals surface area (Å²) in [7, 11) is 0. The molecule has 1 saturated carbocycles. The van der Waals surface area contributed by atoms with E-state index in [9.17, 15) is 23.1 Å². The monoisotopic (exact) mass is 415 g/mol. The number of benzene rings is 2. The average Bonchev–Trinajstić information content (AvgIpc) is 3.08. The van der Waals surface area contributed by atoms with Crippen molar-refractivity contribution in [3.63, 3.8) is 0 Å². The van der Waals surface area contributed by atoms with Gasteiger partial charge in [-0.2, -0.15) is 0 Å². The minimum absolute atomic E-state index is 0.108. The molecule has 1 aliphatic rings. The standard InChI is InChI=1S/C19H17ClF3NO2S/c20-13-5-4-10(6-17(13)27-16-3-1-2-11(16)9-25)19(26)24-12-7-14(21)18(23)15(22)8-12/h4-8,11,16,25H,1-3,9H2,(H,24,26). The van der Waals surface area contributed by atoms with E-state index in [1.807, 2.05) is 0 Å². The lowest BCUT2D eigenvalue weighted by atomic mass is 10.1. The number of aliphatic hydroxyl groups excluding tert-OH is 1. The molecule has 27 heavy (non-hydrogen) atoms. The number of halogens is 4. The van der Waals surface area contributed by atoms with Crippen LogP contribution in [0, 0.1) is 23.4 Å². The summed E-state index contributed by atoms with van der Waals surface area (Å²) in [4.78, 5) is 13.1. The Morgan fingerprint density at radius 2 is 1.89 bits per heavy atom. The van der Waals surface area contributed by atoms with Crippen LogP contribution in [0.25, 0.3) is 0 Å². The van der Waals surface area contributed by atoms with Gasteiger partial charge in [0.25, 0.3) is 5.91 Å².